The number of carbonyl (C=O) groups excluding carboxylic acids is 1. The standard InChI is InChI=1S/C16H15N3O4/c1-21-12-7-3-4-8-13(12)23-10-14-17-15-11(16(20)22-2)6-5-9-19(15)18-14/h3-9H,10H2,1-2H3. The van der Waals surface area contributed by atoms with Gasteiger partial charge in [0.15, 0.2) is 23.0 Å². The summed E-state index contributed by atoms with van der Waals surface area (Å²) in [5, 5.41) is 4.29. The van der Waals surface area contributed by atoms with Crippen LogP contribution < -0.4 is 9.47 Å². The van der Waals surface area contributed by atoms with Gasteiger partial charge in [0.05, 0.1) is 14.2 Å². The lowest BCUT2D eigenvalue weighted by atomic mass is 10.3. The van der Waals surface area contributed by atoms with E-state index in [-0.39, 0.29) is 6.61 Å². The quantitative estimate of drug-likeness (QED) is 0.672. The van der Waals surface area contributed by atoms with Gasteiger partial charge in [0.25, 0.3) is 0 Å². The van der Waals surface area contributed by atoms with Crippen LogP contribution in [-0.4, -0.2) is 34.8 Å². The van der Waals surface area contributed by atoms with Gasteiger partial charge in [-0.15, -0.1) is 5.10 Å². The first-order valence-corrected chi connectivity index (χ1v) is 6.91. The van der Waals surface area contributed by atoms with E-state index in [9.17, 15) is 4.79 Å². The molecule has 0 aliphatic rings. The van der Waals surface area contributed by atoms with Gasteiger partial charge in [-0.25, -0.2) is 14.3 Å². The number of pyridine rings is 1. The van der Waals surface area contributed by atoms with Gasteiger partial charge in [-0.05, 0) is 24.3 Å². The fourth-order valence-corrected chi connectivity index (χ4v) is 2.16. The molecule has 0 N–H and O–H groups in total. The van der Waals surface area contributed by atoms with Crippen LogP contribution in [0.25, 0.3) is 5.65 Å². The molecule has 7 nitrogen and oxygen atoms in total. The van der Waals surface area contributed by atoms with E-state index in [1.165, 1.54) is 11.6 Å². The molecule has 23 heavy (non-hydrogen) atoms. The van der Waals surface area contributed by atoms with Crippen LogP contribution in [0.1, 0.15) is 16.2 Å². The van der Waals surface area contributed by atoms with Gasteiger partial charge in [0.2, 0.25) is 0 Å². The summed E-state index contributed by atoms with van der Waals surface area (Å²) in [6, 6.07) is 10.7. The second-order valence-electron chi connectivity index (χ2n) is 4.65. The first-order valence-electron chi connectivity index (χ1n) is 6.91. The zero-order valence-corrected chi connectivity index (χ0v) is 12.7. The molecule has 0 atom stereocenters. The van der Waals surface area contributed by atoms with Crippen molar-refractivity contribution in [3.63, 3.8) is 0 Å². The minimum atomic E-state index is -0.458. The lowest BCUT2D eigenvalue weighted by Crippen LogP contribution is -2.04. The average Bonchev–Trinajstić information content (AvgIpc) is 3.02. The number of carbonyl (C=O) groups is 1. The Labute approximate surface area is 132 Å². The Morgan fingerprint density at radius 3 is 2.65 bits per heavy atom. The number of fused-ring (bicyclic) bond motifs is 1. The molecule has 1 aromatic carbocycles. The summed E-state index contributed by atoms with van der Waals surface area (Å²) >= 11 is 0. The van der Waals surface area contributed by atoms with Crippen molar-refractivity contribution in [2.45, 2.75) is 6.61 Å². The molecule has 3 aromatic rings. The van der Waals surface area contributed by atoms with Gasteiger partial charge >= 0.3 is 5.97 Å². The maximum absolute atomic E-state index is 11.7. The van der Waals surface area contributed by atoms with Crippen LogP contribution in [0.4, 0.5) is 0 Å². The van der Waals surface area contributed by atoms with Crippen LogP contribution >= 0.6 is 0 Å². The van der Waals surface area contributed by atoms with Crippen molar-refractivity contribution >= 4 is 11.6 Å². The number of methoxy groups -OCH3 is 2. The molecular formula is C16H15N3O4. The summed E-state index contributed by atoms with van der Waals surface area (Å²) in [6.07, 6.45) is 1.71. The molecule has 0 saturated heterocycles. The van der Waals surface area contributed by atoms with Crippen molar-refractivity contribution in [2.75, 3.05) is 14.2 Å². The molecule has 0 radical (unpaired) electrons. The van der Waals surface area contributed by atoms with Gasteiger partial charge in [0.1, 0.15) is 12.2 Å². The minimum Gasteiger partial charge on any atom is -0.493 e. The minimum absolute atomic E-state index is 0.155. The van der Waals surface area contributed by atoms with Gasteiger partial charge in [-0.1, -0.05) is 12.1 Å². The number of hydrogen-bond acceptors (Lipinski definition) is 6. The Bertz CT molecular complexity index is 844. The second-order valence-corrected chi connectivity index (χ2v) is 4.65. The van der Waals surface area contributed by atoms with E-state index >= 15 is 0 Å². The summed E-state index contributed by atoms with van der Waals surface area (Å²) in [6.45, 7) is 0.155. The fraction of sp³-hybridized carbons (Fsp3) is 0.188. The Hall–Kier alpha value is -3.09. The molecule has 0 unspecified atom stereocenters. The first-order chi connectivity index (χ1) is 11.2. The van der Waals surface area contributed by atoms with Crippen LogP contribution in [0.2, 0.25) is 0 Å². The van der Waals surface area contributed by atoms with E-state index in [2.05, 4.69) is 10.1 Å². The van der Waals surface area contributed by atoms with Gasteiger partial charge < -0.3 is 14.2 Å². The molecular weight excluding hydrogens is 298 g/mol. The van der Waals surface area contributed by atoms with E-state index in [0.717, 1.165) is 0 Å². The molecule has 7 heteroatoms. The molecule has 0 spiro atoms. The van der Waals surface area contributed by atoms with Crippen LogP contribution in [-0.2, 0) is 11.3 Å². The van der Waals surface area contributed by atoms with Crippen molar-refractivity contribution in [3.05, 3.63) is 54.0 Å². The van der Waals surface area contributed by atoms with Crippen LogP contribution in [0.5, 0.6) is 11.5 Å². The Morgan fingerprint density at radius 1 is 1.13 bits per heavy atom. The summed E-state index contributed by atoms with van der Waals surface area (Å²) in [7, 11) is 2.90. The predicted molar refractivity (Wildman–Crippen MR) is 81.7 cm³/mol. The van der Waals surface area contributed by atoms with E-state index in [4.69, 9.17) is 14.2 Å². The average molecular weight is 313 g/mol. The number of benzene rings is 1. The molecule has 3 rings (SSSR count). The van der Waals surface area contributed by atoms with Crippen LogP contribution in [0.3, 0.4) is 0 Å². The Morgan fingerprint density at radius 2 is 1.91 bits per heavy atom. The molecule has 0 bridgehead atoms. The molecule has 2 heterocycles. The smallest absolute Gasteiger partial charge is 0.341 e. The van der Waals surface area contributed by atoms with Crippen LogP contribution in [0, 0.1) is 0 Å². The summed E-state index contributed by atoms with van der Waals surface area (Å²) in [5.41, 5.74) is 0.781. The van der Waals surface area contributed by atoms with Gasteiger partial charge in [-0.2, -0.15) is 0 Å². The predicted octanol–water partition coefficient (Wildman–Crippen LogP) is 2.10. The maximum Gasteiger partial charge on any atom is 0.341 e. The van der Waals surface area contributed by atoms with E-state index in [0.29, 0.717) is 28.5 Å². The number of aromatic nitrogens is 3. The fourth-order valence-electron chi connectivity index (χ4n) is 2.16. The number of nitrogens with zero attached hydrogens (tertiary/aromatic N) is 3. The summed E-state index contributed by atoms with van der Waals surface area (Å²) in [5.74, 6) is 1.22. The van der Waals surface area contributed by atoms with Crippen molar-refractivity contribution in [2.24, 2.45) is 0 Å². The Kier molecular flexibility index (Phi) is 4.09. The highest BCUT2D eigenvalue weighted by Gasteiger charge is 2.15. The topological polar surface area (TPSA) is 75.0 Å². The third-order valence-corrected chi connectivity index (χ3v) is 3.24. The third kappa shape index (κ3) is 2.94. The number of rotatable bonds is 5. The first kappa shape index (κ1) is 14.8. The third-order valence-electron chi connectivity index (χ3n) is 3.24. The van der Waals surface area contributed by atoms with E-state index < -0.39 is 5.97 Å². The molecule has 118 valence electrons. The summed E-state index contributed by atoms with van der Waals surface area (Å²) in [4.78, 5) is 16.1. The second kappa shape index (κ2) is 6.35. The highest BCUT2D eigenvalue weighted by molar-refractivity contribution is 5.95. The van der Waals surface area contributed by atoms with E-state index in [1.807, 2.05) is 18.2 Å². The van der Waals surface area contributed by atoms with E-state index in [1.54, 1.807) is 31.5 Å². The summed E-state index contributed by atoms with van der Waals surface area (Å²) < 4.78 is 17.2. The number of hydrogen-bond donors (Lipinski definition) is 0. The SMILES string of the molecule is COC(=O)c1cccn2nc(COc3ccccc3OC)nc12. The molecule has 0 aliphatic carbocycles. The molecule has 2 aromatic heterocycles. The maximum atomic E-state index is 11.7. The Balaban J connectivity index is 1.85. The van der Waals surface area contributed by atoms with Crippen molar-refractivity contribution in [3.8, 4) is 11.5 Å². The number of esters is 1. The molecule has 0 aliphatic heterocycles. The lowest BCUT2D eigenvalue weighted by Gasteiger charge is -2.08. The zero-order chi connectivity index (χ0) is 16.2. The lowest BCUT2D eigenvalue weighted by molar-refractivity contribution is 0.0602. The molecule has 0 saturated carbocycles. The van der Waals surface area contributed by atoms with Crippen LogP contribution in [0.15, 0.2) is 42.6 Å². The van der Waals surface area contributed by atoms with Gasteiger partial charge in [-0.3, -0.25) is 0 Å². The zero-order valence-electron chi connectivity index (χ0n) is 12.7. The number of para-hydroxylation sites is 2. The number of ether oxygens (including phenoxy) is 3. The van der Waals surface area contributed by atoms with Crippen molar-refractivity contribution < 1.29 is 19.0 Å². The van der Waals surface area contributed by atoms with Crippen molar-refractivity contribution in [1.82, 2.24) is 14.6 Å². The normalized spacial score (nSPS) is 10.5. The largest absolute Gasteiger partial charge is 0.493 e. The monoisotopic (exact) mass is 313 g/mol. The highest BCUT2D eigenvalue weighted by atomic mass is 16.5. The van der Waals surface area contributed by atoms with Crippen molar-refractivity contribution in [1.29, 1.82) is 0 Å². The van der Waals surface area contributed by atoms with Gasteiger partial charge in [0, 0.05) is 6.20 Å². The molecule has 0 amide bonds. The molecule has 0 fully saturated rings. The highest BCUT2D eigenvalue weighted by Crippen LogP contribution is 2.26.